The van der Waals surface area contributed by atoms with Crippen LogP contribution < -0.4 is 0 Å². The first-order valence-corrected chi connectivity index (χ1v) is 6.45. The van der Waals surface area contributed by atoms with Crippen LogP contribution in [-0.4, -0.2) is 48.3 Å². The topological polar surface area (TPSA) is 58.9 Å². The number of hydrogen-bond acceptors (Lipinski definition) is 4. The Morgan fingerprint density at radius 2 is 1.50 bits per heavy atom. The molecule has 0 aromatic carbocycles. The summed E-state index contributed by atoms with van der Waals surface area (Å²) in [6.07, 6.45) is 1.43. The van der Waals surface area contributed by atoms with E-state index in [1.54, 1.807) is 13.8 Å². The van der Waals surface area contributed by atoms with Crippen molar-refractivity contribution in [1.82, 2.24) is 0 Å². The van der Waals surface area contributed by atoms with Gasteiger partial charge in [0.15, 0.2) is 0 Å². The molecule has 4 nitrogen and oxygen atoms in total. The standard InChI is InChI=1S/C9H20O4.C5H10/c1-7(11)5-12-9(3)6-13-8(2)4-10;1-4-5(2)3/h7-11H,4-6H2,1-3H3;4H,1-3H3. The molecule has 0 aliphatic heterocycles. The van der Waals surface area contributed by atoms with Gasteiger partial charge in [0.05, 0.1) is 38.1 Å². The summed E-state index contributed by atoms with van der Waals surface area (Å²) in [6.45, 7) is 12.3. The van der Waals surface area contributed by atoms with Crippen molar-refractivity contribution >= 4 is 0 Å². The minimum absolute atomic E-state index is 0.0170. The summed E-state index contributed by atoms with van der Waals surface area (Å²) in [7, 11) is 0. The van der Waals surface area contributed by atoms with Crippen molar-refractivity contribution < 1.29 is 19.7 Å². The van der Waals surface area contributed by atoms with Crippen LogP contribution in [0.15, 0.2) is 11.6 Å². The summed E-state index contributed by atoms with van der Waals surface area (Å²) in [5, 5.41) is 17.6. The molecule has 0 bridgehead atoms. The lowest BCUT2D eigenvalue weighted by Gasteiger charge is -2.16. The van der Waals surface area contributed by atoms with E-state index in [1.807, 2.05) is 13.8 Å². The molecule has 0 spiro atoms. The van der Waals surface area contributed by atoms with Gasteiger partial charge < -0.3 is 19.7 Å². The van der Waals surface area contributed by atoms with Crippen LogP contribution in [0, 0.1) is 0 Å². The molecule has 0 saturated carbocycles. The number of aliphatic hydroxyl groups excluding tert-OH is 2. The SMILES string of the molecule is CC(O)COC(C)COC(C)CO.CC=C(C)C. The minimum atomic E-state index is -0.447. The van der Waals surface area contributed by atoms with Gasteiger partial charge in [-0.1, -0.05) is 11.6 Å². The van der Waals surface area contributed by atoms with E-state index in [0.717, 1.165) is 0 Å². The molecule has 0 saturated heterocycles. The van der Waals surface area contributed by atoms with Crippen LogP contribution in [0.25, 0.3) is 0 Å². The van der Waals surface area contributed by atoms with Crippen molar-refractivity contribution in [2.24, 2.45) is 0 Å². The second kappa shape index (κ2) is 13.0. The van der Waals surface area contributed by atoms with Gasteiger partial charge in [0.2, 0.25) is 0 Å². The summed E-state index contributed by atoms with van der Waals surface area (Å²) in [6, 6.07) is 0. The Balaban J connectivity index is 0. The molecule has 18 heavy (non-hydrogen) atoms. The van der Waals surface area contributed by atoms with Gasteiger partial charge in [0.25, 0.3) is 0 Å². The maximum atomic E-state index is 8.92. The van der Waals surface area contributed by atoms with Gasteiger partial charge in [-0.05, 0) is 41.5 Å². The van der Waals surface area contributed by atoms with Gasteiger partial charge in [-0.25, -0.2) is 0 Å². The van der Waals surface area contributed by atoms with Crippen LogP contribution in [0.1, 0.15) is 41.5 Å². The summed E-state index contributed by atoms with van der Waals surface area (Å²) >= 11 is 0. The predicted octanol–water partition coefficient (Wildman–Crippen LogP) is 2.14. The monoisotopic (exact) mass is 262 g/mol. The molecule has 0 aliphatic carbocycles. The Kier molecular flexibility index (Phi) is 14.4. The van der Waals surface area contributed by atoms with E-state index < -0.39 is 6.10 Å². The first-order valence-electron chi connectivity index (χ1n) is 6.45. The van der Waals surface area contributed by atoms with E-state index >= 15 is 0 Å². The molecule has 0 fully saturated rings. The number of rotatable bonds is 7. The van der Waals surface area contributed by atoms with Crippen molar-refractivity contribution in [2.45, 2.75) is 59.9 Å². The molecule has 0 aromatic rings. The lowest BCUT2D eigenvalue weighted by Crippen LogP contribution is -2.24. The molecule has 0 radical (unpaired) electrons. The van der Waals surface area contributed by atoms with Crippen molar-refractivity contribution in [3.63, 3.8) is 0 Å². The average molecular weight is 262 g/mol. The molecule has 110 valence electrons. The zero-order valence-corrected chi connectivity index (χ0v) is 12.6. The second-order valence-electron chi connectivity index (χ2n) is 4.69. The Bertz CT molecular complexity index is 198. The lowest BCUT2D eigenvalue weighted by atomic mass is 10.3. The van der Waals surface area contributed by atoms with Crippen LogP contribution in [0.5, 0.6) is 0 Å². The molecular formula is C14H30O4. The maximum Gasteiger partial charge on any atom is 0.0781 e. The highest BCUT2D eigenvalue weighted by Crippen LogP contribution is 1.97. The lowest BCUT2D eigenvalue weighted by molar-refractivity contribution is -0.0620. The Morgan fingerprint density at radius 1 is 1.06 bits per heavy atom. The molecule has 0 aliphatic rings. The summed E-state index contributed by atoms with van der Waals surface area (Å²) in [4.78, 5) is 0. The quantitative estimate of drug-likeness (QED) is 0.690. The van der Waals surface area contributed by atoms with E-state index in [0.29, 0.717) is 13.2 Å². The fraction of sp³-hybridized carbons (Fsp3) is 0.857. The van der Waals surface area contributed by atoms with Crippen LogP contribution in [0.4, 0.5) is 0 Å². The van der Waals surface area contributed by atoms with E-state index in [9.17, 15) is 0 Å². The van der Waals surface area contributed by atoms with Crippen LogP contribution in [-0.2, 0) is 9.47 Å². The van der Waals surface area contributed by atoms with E-state index in [2.05, 4.69) is 19.9 Å². The zero-order chi connectivity index (χ0) is 14.6. The summed E-state index contributed by atoms with van der Waals surface area (Å²) in [5.41, 5.74) is 1.38. The molecule has 0 amide bonds. The minimum Gasteiger partial charge on any atom is -0.394 e. The molecule has 3 atom stereocenters. The fourth-order valence-corrected chi connectivity index (χ4v) is 0.704. The summed E-state index contributed by atoms with van der Waals surface area (Å²) in [5.74, 6) is 0. The smallest absolute Gasteiger partial charge is 0.0781 e. The first-order chi connectivity index (χ1) is 8.33. The summed E-state index contributed by atoms with van der Waals surface area (Å²) < 4.78 is 10.5. The van der Waals surface area contributed by atoms with Gasteiger partial charge in [-0.3, -0.25) is 0 Å². The van der Waals surface area contributed by atoms with Crippen molar-refractivity contribution in [3.05, 3.63) is 11.6 Å². The zero-order valence-electron chi connectivity index (χ0n) is 12.6. The Morgan fingerprint density at radius 3 is 1.83 bits per heavy atom. The number of aliphatic hydroxyl groups is 2. The van der Waals surface area contributed by atoms with E-state index in [1.165, 1.54) is 5.57 Å². The third-order valence-electron chi connectivity index (χ3n) is 2.07. The first kappa shape index (κ1) is 19.9. The van der Waals surface area contributed by atoms with E-state index in [4.69, 9.17) is 19.7 Å². The fourth-order valence-electron chi connectivity index (χ4n) is 0.704. The highest BCUT2D eigenvalue weighted by molar-refractivity contribution is 4.88. The third kappa shape index (κ3) is 18.0. The molecule has 4 heteroatoms. The van der Waals surface area contributed by atoms with Crippen LogP contribution in [0.3, 0.4) is 0 Å². The van der Waals surface area contributed by atoms with Gasteiger partial charge in [0.1, 0.15) is 0 Å². The molecule has 0 heterocycles. The second-order valence-corrected chi connectivity index (χ2v) is 4.69. The maximum absolute atomic E-state index is 8.92. The van der Waals surface area contributed by atoms with Gasteiger partial charge >= 0.3 is 0 Å². The van der Waals surface area contributed by atoms with Crippen molar-refractivity contribution in [3.8, 4) is 0 Å². The number of allylic oxidation sites excluding steroid dienone is 2. The van der Waals surface area contributed by atoms with Crippen molar-refractivity contribution in [1.29, 1.82) is 0 Å². The normalized spacial score (nSPS) is 15.1. The van der Waals surface area contributed by atoms with Gasteiger partial charge in [0, 0.05) is 0 Å². The van der Waals surface area contributed by atoms with E-state index in [-0.39, 0.29) is 18.8 Å². The average Bonchev–Trinajstić information content (AvgIpc) is 2.33. The number of hydrogen-bond donors (Lipinski definition) is 2. The third-order valence-corrected chi connectivity index (χ3v) is 2.07. The predicted molar refractivity (Wildman–Crippen MR) is 74.7 cm³/mol. The Labute approximate surface area is 112 Å². The van der Waals surface area contributed by atoms with Crippen LogP contribution >= 0.6 is 0 Å². The molecule has 0 aromatic heterocycles. The van der Waals surface area contributed by atoms with Gasteiger partial charge in [-0.15, -0.1) is 0 Å². The molecular weight excluding hydrogens is 232 g/mol. The van der Waals surface area contributed by atoms with Gasteiger partial charge in [-0.2, -0.15) is 0 Å². The Hall–Kier alpha value is -0.420. The molecule has 3 unspecified atom stereocenters. The molecule has 2 N–H and O–H groups in total. The highest BCUT2D eigenvalue weighted by Gasteiger charge is 2.06. The largest absolute Gasteiger partial charge is 0.394 e. The molecule has 0 rings (SSSR count). The highest BCUT2D eigenvalue weighted by atomic mass is 16.5. The number of ether oxygens (including phenoxy) is 2. The van der Waals surface area contributed by atoms with Crippen molar-refractivity contribution in [2.75, 3.05) is 19.8 Å². The van der Waals surface area contributed by atoms with Crippen LogP contribution in [0.2, 0.25) is 0 Å².